The minimum Gasteiger partial charge on any atom is -0.465 e. The molecule has 0 spiro atoms. The first kappa shape index (κ1) is 20.2. The molecule has 0 aliphatic rings. The van der Waals surface area contributed by atoms with Crippen molar-refractivity contribution in [3.63, 3.8) is 0 Å². The van der Waals surface area contributed by atoms with Crippen LogP contribution in [0.1, 0.15) is 35.2 Å². The first-order valence-corrected chi connectivity index (χ1v) is 9.47. The van der Waals surface area contributed by atoms with Crippen LogP contribution < -0.4 is 5.56 Å². The number of ether oxygens (including phenoxy) is 1. The van der Waals surface area contributed by atoms with Crippen molar-refractivity contribution in [3.8, 4) is 11.8 Å². The van der Waals surface area contributed by atoms with E-state index in [2.05, 4.69) is 11.2 Å². The predicted molar refractivity (Wildman–Crippen MR) is 110 cm³/mol. The lowest BCUT2D eigenvalue weighted by Gasteiger charge is -2.20. The van der Waals surface area contributed by atoms with Gasteiger partial charge in [0.2, 0.25) is 0 Å². The summed E-state index contributed by atoms with van der Waals surface area (Å²) in [5.74, 6) is -2.51. The fourth-order valence-electron chi connectivity index (χ4n) is 3.48. The number of nitrogens with zero attached hydrogens (tertiary/aromatic N) is 2. The summed E-state index contributed by atoms with van der Waals surface area (Å²) in [5, 5.41) is 12.9. The molecule has 3 aromatic rings. The highest BCUT2D eigenvalue weighted by molar-refractivity contribution is 5.77. The van der Waals surface area contributed by atoms with E-state index >= 15 is 0 Å². The summed E-state index contributed by atoms with van der Waals surface area (Å²) in [6.07, 6.45) is 0. The molecule has 2 unspecified atom stereocenters. The maximum atomic E-state index is 13.3. The number of aromatic amines is 1. The van der Waals surface area contributed by atoms with Crippen molar-refractivity contribution in [1.82, 2.24) is 9.78 Å². The molecular formula is C23H23N3O3. The van der Waals surface area contributed by atoms with E-state index in [1.807, 2.05) is 61.5 Å². The molecule has 0 amide bonds. The van der Waals surface area contributed by atoms with Gasteiger partial charge in [-0.2, -0.15) is 5.26 Å². The SMILES string of the molecule is CCOC(=O)C(C#N)C(c1ccc(C)cc1)c1c(C)[nH]n(-c2ccccc2)c1=O. The zero-order valence-electron chi connectivity index (χ0n) is 16.7. The summed E-state index contributed by atoms with van der Waals surface area (Å²) in [6.45, 7) is 5.59. The van der Waals surface area contributed by atoms with E-state index in [0.29, 0.717) is 16.9 Å². The van der Waals surface area contributed by atoms with Gasteiger partial charge in [0.05, 0.1) is 18.4 Å². The van der Waals surface area contributed by atoms with Crippen LogP contribution in [0.3, 0.4) is 0 Å². The molecule has 0 saturated heterocycles. The molecule has 1 aromatic heterocycles. The van der Waals surface area contributed by atoms with Crippen LogP contribution in [0.15, 0.2) is 59.4 Å². The van der Waals surface area contributed by atoms with Gasteiger partial charge in [-0.25, -0.2) is 4.68 Å². The number of H-pyrrole nitrogens is 1. The highest BCUT2D eigenvalue weighted by atomic mass is 16.5. The fraction of sp³-hybridized carbons (Fsp3) is 0.261. The van der Waals surface area contributed by atoms with Crippen LogP contribution in [0.5, 0.6) is 0 Å². The van der Waals surface area contributed by atoms with Crippen LogP contribution in [-0.4, -0.2) is 22.4 Å². The van der Waals surface area contributed by atoms with Crippen LogP contribution in [0.4, 0.5) is 0 Å². The second kappa shape index (κ2) is 8.61. The van der Waals surface area contributed by atoms with E-state index in [4.69, 9.17) is 4.74 Å². The van der Waals surface area contributed by atoms with Crippen molar-refractivity contribution in [2.75, 3.05) is 6.61 Å². The summed E-state index contributed by atoms with van der Waals surface area (Å²) >= 11 is 0. The Kier molecular flexibility index (Phi) is 5.99. The molecule has 6 nitrogen and oxygen atoms in total. The van der Waals surface area contributed by atoms with E-state index in [0.717, 1.165) is 11.1 Å². The topological polar surface area (TPSA) is 87.9 Å². The molecule has 0 radical (unpaired) electrons. The molecular weight excluding hydrogens is 366 g/mol. The third-order valence-corrected chi connectivity index (χ3v) is 4.89. The molecule has 1 heterocycles. The third kappa shape index (κ3) is 3.99. The van der Waals surface area contributed by atoms with Crippen molar-refractivity contribution < 1.29 is 9.53 Å². The summed E-state index contributed by atoms with van der Waals surface area (Å²) in [6, 6.07) is 18.7. The zero-order chi connectivity index (χ0) is 21.0. The lowest BCUT2D eigenvalue weighted by Crippen LogP contribution is -2.29. The Bertz CT molecular complexity index is 1090. The Morgan fingerprint density at radius 2 is 1.79 bits per heavy atom. The third-order valence-electron chi connectivity index (χ3n) is 4.89. The maximum absolute atomic E-state index is 13.3. The van der Waals surface area contributed by atoms with Gasteiger partial charge in [0.25, 0.3) is 5.56 Å². The largest absolute Gasteiger partial charge is 0.465 e. The highest BCUT2D eigenvalue weighted by Crippen LogP contribution is 2.33. The van der Waals surface area contributed by atoms with Crippen LogP contribution in [0, 0.1) is 31.1 Å². The minimum absolute atomic E-state index is 0.165. The van der Waals surface area contributed by atoms with Crippen molar-refractivity contribution in [2.24, 2.45) is 5.92 Å². The van der Waals surface area contributed by atoms with Gasteiger partial charge in [0.1, 0.15) is 0 Å². The number of nitrogens with one attached hydrogen (secondary N) is 1. The number of aromatic nitrogens is 2. The molecule has 1 N–H and O–H groups in total. The van der Waals surface area contributed by atoms with Gasteiger partial charge in [0.15, 0.2) is 5.92 Å². The second-order valence-electron chi connectivity index (χ2n) is 6.87. The lowest BCUT2D eigenvalue weighted by atomic mass is 9.81. The van der Waals surface area contributed by atoms with E-state index in [1.54, 1.807) is 13.8 Å². The van der Waals surface area contributed by atoms with Crippen LogP contribution in [0.25, 0.3) is 5.69 Å². The molecule has 0 aliphatic carbocycles. The number of hydrogen-bond donors (Lipinski definition) is 1. The number of hydrogen-bond acceptors (Lipinski definition) is 4. The molecule has 0 bridgehead atoms. The number of esters is 1. The van der Waals surface area contributed by atoms with E-state index in [1.165, 1.54) is 4.68 Å². The number of carbonyl (C=O) groups excluding carboxylic acids is 1. The van der Waals surface area contributed by atoms with E-state index in [-0.39, 0.29) is 12.2 Å². The monoisotopic (exact) mass is 389 g/mol. The number of aryl methyl sites for hydroxylation is 2. The minimum atomic E-state index is -1.14. The van der Waals surface area contributed by atoms with Gasteiger partial charge < -0.3 is 4.74 Å². The molecule has 6 heteroatoms. The van der Waals surface area contributed by atoms with E-state index < -0.39 is 17.8 Å². The molecule has 29 heavy (non-hydrogen) atoms. The predicted octanol–water partition coefficient (Wildman–Crippen LogP) is 3.62. The highest BCUT2D eigenvalue weighted by Gasteiger charge is 2.36. The quantitative estimate of drug-likeness (QED) is 0.652. The number of benzene rings is 2. The maximum Gasteiger partial charge on any atom is 0.324 e. The molecule has 0 saturated carbocycles. The normalized spacial score (nSPS) is 12.8. The fourth-order valence-corrected chi connectivity index (χ4v) is 3.48. The molecule has 0 aliphatic heterocycles. The Morgan fingerprint density at radius 1 is 1.14 bits per heavy atom. The molecule has 148 valence electrons. The van der Waals surface area contributed by atoms with Crippen LogP contribution in [0.2, 0.25) is 0 Å². The van der Waals surface area contributed by atoms with Crippen LogP contribution >= 0.6 is 0 Å². The van der Waals surface area contributed by atoms with Crippen molar-refractivity contribution in [1.29, 1.82) is 5.26 Å². The van der Waals surface area contributed by atoms with Gasteiger partial charge in [-0.1, -0.05) is 48.0 Å². The van der Waals surface area contributed by atoms with Gasteiger partial charge >= 0.3 is 5.97 Å². The summed E-state index contributed by atoms with van der Waals surface area (Å²) in [5.41, 5.74) is 3.15. The molecule has 2 aromatic carbocycles. The van der Waals surface area contributed by atoms with Crippen molar-refractivity contribution in [2.45, 2.75) is 26.7 Å². The summed E-state index contributed by atoms with van der Waals surface area (Å²) in [7, 11) is 0. The second-order valence-corrected chi connectivity index (χ2v) is 6.87. The number of nitriles is 1. The molecule has 3 rings (SSSR count). The Hall–Kier alpha value is -3.59. The van der Waals surface area contributed by atoms with Gasteiger partial charge in [-0.15, -0.1) is 0 Å². The first-order valence-electron chi connectivity index (χ1n) is 9.47. The number of carbonyl (C=O) groups is 1. The lowest BCUT2D eigenvalue weighted by molar-refractivity contribution is -0.146. The molecule has 0 fully saturated rings. The average molecular weight is 389 g/mol. The summed E-state index contributed by atoms with van der Waals surface area (Å²) in [4.78, 5) is 25.9. The van der Waals surface area contributed by atoms with Gasteiger partial charge in [-0.3, -0.25) is 14.7 Å². The van der Waals surface area contributed by atoms with Crippen molar-refractivity contribution >= 4 is 5.97 Å². The van der Waals surface area contributed by atoms with Crippen molar-refractivity contribution in [3.05, 3.63) is 87.3 Å². The Morgan fingerprint density at radius 3 is 2.38 bits per heavy atom. The smallest absolute Gasteiger partial charge is 0.324 e. The first-order chi connectivity index (χ1) is 14.0. The molecule has 2 atom stereocenters. The van der Waals surface area contributed by atoms with Gasteiger partial charge in [0, 0.05) is 17.2 Å². The number of para-hydroxylation sites is 1. The van der Waals surface area contributed by atoms with E-state index in [9.17, 15) is 14.9 Å². The average Bonchev–Trinajstić information content (AvgIpc) is 3.02. The van der Waals surface area contributed by atoms with Crippen LogP contribution in [-0.2, 0) is 9.53 Å². The Balaban J connectivity index is 2.21. The van der Waals surface area contributed by atoms with Gasteiger partial charge in [-0.05, 0) is 38.5 Å². The Labute approximate surface area is 169 Å². The standard InChI is InChI=1S/C23H23N3O3/c1-4-29-23(28)19(14-24)21(17-12-10-15(2)11-13-17)20-16(3)25-26(22(20)27)18-8-6-5-7-9-18/h5-13,19,21,25H,4H2,1-3H3. The number of rotatable bonds is 6. The zero-order valence-corrected chi connectivity index (χ0v) is 16.7. The summed E-state index contributed by atoms with van der Waals surface area (Å²) < 4.78 is 6.57.